The number of likely N-dealkylation sites (tertiary alicyclic amines) is 1. The van der Waals surface area contributed by atoms with Gasteiger partial charge in [-0.05, 0) is 55.7 Å². The summed E-state index contributed by atoms with van der Waals surface area (Å²) in [5.74, 6) is 2.20. The van der Waals surface area contributed by atoms with Crippen molar-refractivity contribution in [2.45, 2.75) is 32.1 Å². The van der Waals surface area contributed by atoms with Crippen LogP contribution < -0.4 is 5.32 Å². The molecule has 0 bridgehead atoms. The molecule has 2 saturated heterocycles. The van der Waals surface area contributed by atoms with Gasteiger partial charge in [-0.1, -0.05) is 30.3 Å². The first-order valence-corrected chi connectivity index (χ1v) is 10.9. The van der Waals surface area contributed by atoms with Crippen LogP contribution in [0.1, 0.15) is 41.6 Å². The molecule has 1 aromatic carbocycles. The summed E-state index contributed by atoms with van der Waals surface area (Å²) in [5.41, 5.74) is 2.09. The number of nitrogens with one attached hydrogen (secondary N) is 1. The lowest BCUT2D eigenvalue weighted by atomic mass is 9.90. The third-order valence-corrected chi connectivity index (χ3v) is 6.19. The van der Waals surface area contributed by atoms with Crippen molar-refractivity contribution in [3.8, 4) is 0 Å². The van der Waals surface area contributed by atoms with Crippen LogP contribution in [0.25, 0.3) is 0 Å². The van der Waals surface area contributed by atoms with Crippen molar-refractivity contribution in [1.29, 1.82) is 0 Å². The maximum absolute atomic E-state index is 12.8. The Kier molecular flexibility index (Phi) is 6.78. The number of piperidine rings is 1. The van der Waals surface area contributed by atoms with Crippen LogP contribution in [0.15, 0.2) is 48.7 Å². The van der Waals surface area contributed by atoms with E-state index in [0.717, 1.165) is 64.3 Å². The van der Waals surface area contributed by atoms with Gasteiger partial charge in [0.25, 0.3) is 5.91 Å². The minimum Gasteiger partial charge on any atom is -0.381 e. The summed E-state index contributed by atoms with van der Waals surface area (Å²) in [6, 6.07) is 14.5. The van der Waals surface area contributed by atoms with Gasteiger partial charge in [0, 0.05) is 38.4 Å². The number of anilines is 1. The van der Waals surface area contributed by atoms with Crippen molar-refractivity contribution < 1.29 is 9.53 Å². The van der Waals surface area contributed by atoms with Crippen molar-refractivity contribution in [1.82, 2.24) is 9.88 Å². The van der Waals surface area contributed by atoms with E-state index < -0.39 is 0 Å². The van der Waals surface area contributed by atoms with Crippen molar-refractivity contribution in [2.75, 3.05) is 38.2 Å². The molecule has 5 heteroatoms. The van der Waals surface area contributed by atoms with E-state index in [4.69, 9.17) is 4.74 Å². The average Bonchev–Trinajstić information content (AvgIpc) is 3.31. The molecule has 1 atom stereocenters. The molecule has 0 unspecified atom stereocenters. The van der Waals surface area contributed by atoms with Crippen molar-refractivity contribution in [2.24, 2.45) is 11.8 Å². The largest absolute Gasteiger partial charge is 0.381 e. The van der Waals surface area contributed by atoms with Crippen molar-refractivity contribution in [3.05, 3.63) is 59.8 Å². The molecule has 2 aromatic rings. The Hall–Kier alpha value is -2.40. The molecule has 0 spiro atoms. The van der Waals surface area contributed by atoms with Crippen LogP contribution in [-0.2, 0) is 11.2 Å². The number of amides is 1. The number of rotatable bonds is 7. The van der Waals surface area contributed by atoms with E-state index in [1.165, 1.54) is 12.0 Å². The standard InChI is InChI=1S/C24H31N3O2/c28-24(22-8-9-23(26-17-22)25-16-21-12-15-29-18-21)27-13-10-20(11-14-27)7-6-19-4-2-1-3-5-19/h1-5,8-9,17,20-21H,6-7,10-16,18H2,(H,25,26)/t21-/m1/s1. The third kappa shape index (κ3) is 5.57. The van der Waals surface area contributed by atoms with Crippen molar-refractivity contribution in [3.63, 3.8) is 0 Å². The molecule has 3 heterocycles. The van der Waals surface area contributed by atoms with E-state index >= 15 is 0 Å². The smallest absolute Gasteiger partial charge is 0.255 e. The zero-order valence-electron chi connectivity index (χ0n) is 17.1. The summed E-state index contributed by atoms with van der Waals surface area (Å²) in [6.45, 7) is 4.25. The Balaban J connectivity index is 1.21. The summed E-state index contributed by atoms with van der Waals surface area (Å²) < 4.78 is 5.40. The fraction of sp³-hybridized carbons (Fsp3) is 0.500. The number of carbonyl (C=O) groups excluding carboxylic acids is 1. The van der Waals surface area contributed by atoms with Gasteiger partial charge in [0.15, 0.2) is 0 Å². The van der Waals surface area contributed by atoms with E-state index in [1.807, 2.05) is 17.0 Å². The molecule has 0 saturated carbocycles. The summed E-state index contributed by atoms with van der Waals surface area (Å²) in [4.78, 5) is 19.2. The molecule has 2 aliphatic rings. The topological polar surface area (TPSA) is 54.5 Å². The Morgan fingerprint density at radius 2 is 1.90 bits per heavy atom. The molecule has 5 nitrogen and oxygen atoms in total. The van der Waals surface area contributed by atoms with Crippen molar-refractivity contribution >= 4 is 11.7 Å². The van der Waals surface area contributed by atoms with Crippen LogP contribution in [0.2, 0.25) is 0 Å². The fourth-order valence-corrected chi connectivity index (χ4v) is 4.24. The summed E-state index contributed by atoms with van der Waals surface area (Å²) in [6.07, 6.45) is 7.33. The zero-order chi connectivity index (χ0) is 19.9. The van der Waals surface area contributed by atoms with Crippen LogP contribution in [0.4, 0.5) is 5.82 Å². The molecule has 154 valence electrons. The van der Waals surface area contributed by atoms with Gasteiger partial charge in [-0.2, -0.15) is 0 Å². The predicted molar refractivity (Wildman–Crippen MR) is 115 cm³/mol. The molecule has 0 radical (unpaired) electrons. The Bertz CT molecular complexity index is 764. The maximum atomic E-state index is 12.8. The SMILES string of the molecule is O=C(c1ccc(NC[C@H]2CCOC2)nc1)N1CCC(CCc2ccccc2)CC1. The highest BCUT2D eigenvalue weighted by Crippen LogP contribution is 2.24. The van der Waals surface area contributed by atoms with Gasteiger partial charge in [0.1, 0.15) is 5.82 Å². The van der Waals surface area contributed by atoms with Gasteiger partial charge in [-0.15, -0.1) is 0 Å². The number of aromatic nitrogens is 1. The Morgan fingerprint density at radius 1 is 1.07 bits per heavy atom. The van der Waals surface area contributed by atoms with Crippen LogP contribution in [0, 0.1) is 11.8 Å². The number of benzene rings is 1. The minimum atomic E-state index is 0.106. The fourth-order valence-electron chi connectivity index (χ4n) is 4.24. The normalized spacial score (nSPS) is 20.0. The van der Waals surface area contributed by atoms with E-state index in [9.17, 15) is 4.79 Å². The van der Waals surface area contributed by atoms with Crippen LogP contribution in [-0.4, -0.2) is 48.6 Å². The van der Waals surface area contributed by atoms with Gasteiger partial charge in [-0.25, -0.2) is 4.98 Å². The predicted octanol–water partition coefficient (Wildman–Crippen LogP) is 4.02. The molecule has 2 aliphatic heterocycles. The minimum absolute atomic E-state index is 0.106. The van der Waals surface area contributed by atoms with E-state index in [1.54, 1.807) is 6.20 Å². The number of ether oxygens (including phenoxy) is 1. The molecule has 2 fully saturated rings. The number of aryl methyl sites for hydroxylation is 1. The highest BCUT2D eigenvalue weighted by molar-refractivity contribution is 5.94. The number of hydrogen-bond acceptors (Lipinski definition) is 4. The summed E-state index contributed by atoms with van der Waals surface area (Å²) >= 11 is 0. The number of carbonyl (C=O) groups is 1. The van der Waals surface area contributed by atoms with Gasteiger partial charge in [0.2, 0.25) is 0 Å². The first kappa shape index (κ1) is 19.9. The van der Waals surface area contributed by atoms with Gasteiger partial charge in [-0.3, -0.25) is 4.79 Å². The molecular weight excluding hydrogens is 362 g/mol. The highest BCUT2D eigenvalue weighted by Gasteiger charge is 2.23. The van der Waals surface area contributed by atoms with Gasteiger partial charge < -0.3 is 15.0 Å². The lowest BCUT2D eigenvalue weighted by Gasteiger charge is -2.32. The van der Waals surface area contributed by atoms with E-state index in [0.29, 0.717) is 17.4 Å². The monoisotopic (exact) mass is 393 g/mol. The lowest BCUT2D eigenvalue weighted by Crippen LogP contribution is -2.38. The second-order valence-corrected chi connectivity index (χ2v) is 8.30. The molecule has 0 aliphatic carbocycles. The summed E-state index contributed by atoms with van der Waals surface area (Å²) in [7, 11) is 0. The zero-order valence-corrected chi connectivity index (χ0v) is 17.1. The Morgan fingerprint density at radius 3 is 2.59 bits per heavy atom. The first-order chi connectivity index (χ1) is 14.3. The number of pyridine rings is 1. The van der Waals surface area contributed by atoms with E-state index in [2.05, 4.69) is 40.6 Å². The first-order valence-electron chi connectivity index (χ1n) is 10.9. The van der Waals surface area contributed by atoms with Crippen LogP contribution >= 0.6 is 0 Å². The second-order valence-electron chi connectivity index (χ2n) is 8.30. The van der Waals surface area contributed by atoms with E-state index in [-0.39, 0.29) is 5.91 Å². The Labute approximate surface area is 173 Å². The number of hydrogen-bond donors (Lipinski definition) is 1. The molecule has 1 amide bonds. The molecule has 1 N–H and O–H groups in total. The van der Waals surface area contributed by atoms with Gasteiger partial charge >= 0.3 is 0 Å². The maximum Gasteiger partial charge on any atom is 0.255 e. The molecule has 29 heavy (non-hydrogen) atoms. The lowest BCUT2D eigenvalue weighted by molar-refractivity contribution is 0.0686. The van der Waals surface area contributed by atoms with Crippen LogP contribution in [0.5, 0.6) is 0 Å². The molecule has 1 aromatic heterocycles. The average molecular weight is 394 g/mol. The molecule has 4 rings (SSSR count). The third-order valence-electron chi connectivity index (χ3n) is 6.19. The number of nitrogens with zero attached hydrogens (tertiary/aromatic N) is 2. The second kappa shape index (κ2) is 9.88. The quantitative estimate of drug-likeness (QED) is 0.772. The van der Waals surface area contributed by atoms with Crippen LogP contribution in [0.3, 0.4) is 0 Å². The highest BCUT2D eigenvalue weighted by atomic mass is 16.5. The van der Waals surface area contributed by atoms with Gasteiger partial charge in [0.05, 0.1) is 12.2 Å². The molecular formula is C24H31N3O2. The summed E-state index contributed by atoms with van der Waals surface area (Å²) in [5, 5.41) is 3.35.